The van der Waals surface area contributed by atoms with Gasteiger partial charge in [0, 0.05) is 17.4 Å². The largest absolute Gasteiger partial charge is 0.359 e. The summed E-state index contributed by atoms with van der Waals surface area (Å²) in [6.07, 6.45) is 2.58. The molecule has 4 aromatic rings. The van der Waals surface area contributed by atoms with Crippen molar-refractivity contribution in [1.29, 1.82) is 0 Å². The molecule has 2 nitrogen and oxygen atoms in total. The topological polar surface area (TPSA) is 9.23 Å². The second-order valence-electron chi connectivity index (χ2n) is 12.3. The zero-order chi connectivity index (χ0) is 25.1. The van der Waals surface area contributed by atoms with E-state index in [-0.39, 0.29) is 11.1 Å². The first-order chi connectivity index (χ1) is 18.0. The molecule has 37 heavy (non-hydrogen) atoms. The van der Waals surface area contributed by atoms with E-state index in [2.05, 4.69) is 117 Å². The molecule has 4 aromatic carbocycles. The Labute approximate surface area is 221 Å². The third-order valence-corrected chi connectivity index (χ3v) is 10.6. The van der Waals surface area contributed by atoms with Crippen LogP contribution in [0.3, 0.4) is 0 Å². The Bertz CT molecular complexity index is 1420. The summed E-state index contributed by atoms with van der Waals surface area (Å²) < 4.78 is 8.39. The number of rotatable bonds is 6. The van der Waals surface area contributed by atoms with Crippen molar-refractivity contribution in [2.24, 2.45) is 17.8 Å². The van der Waals surface area contributed by atoms with Gasteiger partial charge in [0.2, 0.25) is 0 Å². The van der Waals surface area contributed by atoms with Crippen molar-refractivity contribution in [1.82, 2.24) is 0 Å². The van der Waals surface area contributed by atoms with Crippen LogP contribution in [0.5, 0.6) is 0 Å². The Kier molecular flexibility index (Phi) is 5.36. The van der Waals surface area contributed by atoms with Gasteiger partial charge in [-0.15, -0.1) is 0 Å². The molecule has 0 bridgehead atoms. The summed E-state index contributed by atoms with van der Waals surface area (Å²) in [6.45, 7) is 9.20. The first kappa shape index (κ1) is 23.2. The van der Waals surface area contributed by atoms with Crippen molar-refractivity contribution in [3.63, 3.8) is 0 Å². The Morgan fingerprint density at radius 3 is 2.27 bits per heavy atom. The van der Waals surface area contributed by atoms with E-state index in [1.807, 2.05) is 0 Å². The van der Waals surface area contributed by atoms with Crippen molar-refractivity contribution < 1.29 is 9.22 Å². The van der Waals surface area contributed by atoms with E-state index in [4.69, 9.17) is 4.74 Å². The monoisotopic (exact) mass is 488 g/mol. The fraction of sp³-hybridized carbons (Fsp3) is 0.371. The number of quaternary nitrogens is 1. The Balaban J connectivity index is 1.34. The van der Waals surface area contributed by atoms with Crippen molar-refractivity contribution in [3.05, 3.63) is 120 Å². The Morgan fingerprint density at radius 1 is 0.784 bits per heavy atom. The minimum atomic E-state index is -0.266. The molecule has 3 aliphatic rings. The van der Waals surface area contributed by atoms with Gasteiger partial charge in [-0.25, -0.2) is 0 Å². The molecular weight excluding hydrogens is 450 g/mol. The molecule has 188 valence electrons. The van der Waals surface area contributed by atoms with Crippen LogP contribution in [-0.2, 0) is 23.5 Å². The number of hydrogen-bond donors (Lipinski definition) is 0. The molecule has 0 radical (unpaired) electrons. The van der Waals surface area contributed by atoms with Crippen LogP contribution in [0.2, 0.25) is 0 Å². The van der Waals surface area contributed by atoms with E-state index in [0.717, 1.165) is 29.4 Å². The fourth-order valence-corrected chi connectivity index (χ4v) is 9.11. The van der Waals surface area contributed by atoms with Crippen LogP contribution in [0.25, 0.3) is 10.8 Å². The molecule has 2 saturated heterocycles. The van der Waals surface area contributed by atoms with Crippen LogP contribution in [0.4, 0.5) is 0 Å². The van der Waals surface area contributed by atoms with E-state index in [0.29, 0.717) is 12.5 Å². The smallest absolute Gasteiger partial charge is 0.151 e. The molecular formula is C35H38NO+. The maximum atomic E-state index is 7.25. The maximum absolute atomic E-state index is 7.25. The first-order valence-electron chi connectivity index (χ1n) is 14.1. The average Bonchev–Trinajstić information content (AvgIpc) is 3.48. The molecule has 6 atom stereocenters. The van der Waals surface area contributed by atoms with Crippen molar-refractivity contribution >= 4 is 10.8 Å². The van der Waals surface area contributed by atoms with Crippen LogP contribution in [0.15, 0.2) is 103 Å². The number of fused-ring (bicyclic) bond motifs is 1. The van der Waals surface area contributed by atoms with Crippen LogP contribution >= 0.6 is 0 Å². The van der Waals surface area contributed by atoms with Crippen LogP contribution < -0.4 is 0 Å². The van der Waals surface area contributed by atoms with Gasteiger partial charge in [0.15, 0.2) is 5.60 Å². The van der Waals surface area contributed by atoms with Gasteiger partial charge in [-0.1, -0.05) is 104 Å². The molecule has 0 amide bonds. The molecule has 7 rings (SSSR count). The van der Waals surface area contributed by atoms with E-state index in [1.165, 1.54) is 46.8 Å². The Morgan fingerprint density at radius 2 is 1.49 bits per heavy atom. The zero-order valence-electron chi connectivity index (χ0n) is 22.1. The van der Waals surface area contributed by atoms with E-state index >= 15 is 0 Å². The van der Waals surface area contributed by atoms with E-state index < -0.39 is 0 Å². The third kappa shape index (κ3) is 3.39. The second-order valence-corrected chi connectivity index (χ2v) is 12.3. The molecule has 2 heterocycles. The average molecular weight is 489 g/mol. The summed E-state index contributed by atoms with van der Waals surface area (Å²) in [5.74, 6) is 2.02. The molecule has 0 unspecified atom stereocenters. The van der Waals surface area contributed by atoms with Gasteiger partial charge in [-0.3, -0.25) is 0 Å². The summed E-state index contributed by atoms with van der Waals surface area (Å²) in [7, 11) is 0. The van der Waals surface area contributed by atoms with E-state index in [9.17, 15) is 0 Å². The maximum Gasteiger partial charge on any atom is 0.151 e. The summed E-state index contributed by atoms with van der Waals surface area (Å²) in [6, 6.07) is 37.9. The lowest BCUT2D eigenvalue weighted by molar-refractivity contribution is -0.968. The quantitative estimate of drug-likeness (QED) is 0.253. The van der Waals surface area contributed by atoms with Crippen LogP contribution in [-0.4, -0.2) is 23.1 Å². The number of benzene rings is 4. The summed E-state index contributed by atoms with van der Waals surface area (Å²) in [5.41, 5.74) is 4.05. The molecule has 0 N–H and O–H groups in total. The minimum Gasteiger partial charge on any atom is -0.359 e. The van der Waals surface area contributed by atoms with E-state index in [1.54, 1.807) is 0 Å². The highest BCUT2D eigenvalue weighted by Gasteiger charge is 2.78. The lowest BCUT2D eigenvalue weighted by atomic mass is 9.73. The molecule has 2 aliphatic heterocycles. The first-order valence-corrected chi connectivity index (χ1v) is 14.1. The lowest BCUT2D eigenvalue weighted by Crippen LogP contribution is -2.57. The molecule has 2 heteroatoms. The predicted molar refractivity (Wildman–Crippen MR) is 151 cm³/mol. The predicted octanol–water partition coefficient (Wildman–Crippen LogP) is 7.72. The van der Waals surface area contributed by atoms with Gasteiger partial charge in [-0.2, -0.15) is 0 Å². The minimum absolute atomic E-state index is 0.220. The molecule has 0 spiro atoms. The number of nitrogens with zero attached hydrogens (tertiary/aromatic N) is 1. The third-order valence-electron chi connectivity index (χ3n) is 10.6. The van der Waals surface area contributed by atoms with Gasteiger partial charge in [0.1, 0.15) is 18.6 Å². The molecule has 0 aromatic heterocycles. The van der Waals surface area contributed by atoms with Crippen LogP contribution in [0, 0.1) is 17.8 Å². The Hall–Kier alpha value is -2.94. The van der Waals surface area contributed by atoms with Gasteiger partial charge in [0.25, 0.3) is 0 Å². The SMILES string of the molecule is C[C@@H]1C[N@@+]2(Cc3ccc4ccccc4c3)C[C@](OCc3ccccc3)(c3ccccc3)[C@H]3CC[C@@H]1[C@]32C. The highest BCUT2D eigenvalue weighted by molar-refractivity contribution is 5.82. The van der Waals surface area contributed by atoms with Crippen LogP contribution in [0.1, 0.15) is 43.4 Å². The van der Waals surface area contributed by atoms with Crippen molar-refractivity contribution in [2.45, 2.75) is 51.0 Å². The summed E-state index contributed by atoms with van der Waals surface area (Å²) >= 11 is 0. The highest BCUT2D eigenvalue weighted by atomic mass is 16.5. The zero-order valence-corrected chi connectivity index (χ0v) is 22.1. The second kappa shape index (κ2) is 8.55. The van der Waals surface area contributed by atoms with Gasteiger partial charge < -0.3 is 9.22 Å². The fourth-order valence-electron chi connectivity index (χ4n) is 9.11. The summed E-state index contributed by atoms with van der Waals surface area (Å²) in [5, 5.41) is 2.68. The normalized spacial score (nSPS) is 34.2. The number of hydrogen-bond acceptors (Lipinski definition) is 1. The summed E-state index contributed by atoms with van der Waals surface area (Å²) in [4.78, 5) is 0. The standard InChI is InChI=1S/C35H38NO/c1-26-22-36(23-28-17-18-29-13-9-10-14-30(29)21-28)25-35(31-15-7-4-8-16-31,33-20-19-32(26)34(33,36)2)37-24-27-11-5-3-6-12-27/h3-18,21,26,32-33H,19-20,22-25H2,1-2H3/q+1/t26-,32+,33+,34-,35+,36-/m1/s1. The molecule has 1 saturated carbocycles. The molecule has 1 aliphatic carbocycles. The van der Waals surface area contributed by atoms with Gasteiger partial charge >= 0.3 is 0 Å². The van der Waals surface area contributed by atoms with Gasteiger partial charge in [-0.05, 0) is 47.7 Å². The number of ether oxygens (including phenoxy) is 1. The van der Waals surface area contributed by atoms with Crippen molar-refractivity contribution in [3.8, 4) is 0 Å². The van der Waals surface area contributed by atoms with Crippen molar-refractivity contribution in [2.75, 3.05) is 13.1 Å². The van der Waals surface area contributed by atoms with Gasteiger partial charge in [0.05, 0.1) is 19.1 Å². The highest BCUT2D eigenvalue weighted by Crippen LogP contribution is 2.68. The lowest BCUT2D eigenvalue weighted by Gasteiger charge is -2.43. The molecule has 3 fully saturated rings.